The fourth-order valence-corrected chi connectivity index (χ4v) is 3.18. The summed E-state index contributed by atoms with van der Waals surface area (Å²) in [4.78, 5) is 0. The van der Waals surface area contributed by atoms with E-state index in [0.29, 0.717) is 19.1 Å². The Morgan fingerprint density at radius 1 is 1.09 bits per heavy atom. The monoisotopic (exact) mass is 332 g/mol. The van der Waals surface area contributed by atoms with Gasteiger partial charge in [0, 0.05) is 5.02 Å². The lowest BCUT2D eigenvalue weighted by molar-refractivity contribution is 0.0716. The molecular weight excluding hydrogens is 312 g/mol. The lowest BCUT2D eigenvalue weighted by Gasteiger charge is -2.33. The molecule has 122 valence electrons. The van der Waals surface area contributed by atoms with Crippen molar-refractivity contribution in [2.75, 3.05) is 7.11 Å². The van der Waals surface area contributed by atoms with Crippen molar-refractivity contribution < 1.29 is 14.6 Å². The van der Waals surface area contributed by atoms with Crippen LogP contribution in [0.5, 0.6) is 5.75 Å². The maximum absolute atomic E-state index is 9.53. The fourth-order valence-electron chi connectivity index (χ4n) is 2.94. The lowest BCUT2D eigenvalue weighted by atomic mass is 9.76. The number of ether oxygens (including phenoxy) is 2. The Labute approximate surface area is 141 Å². The van der Waals surface area contributed by atoms with Crippen molar-refractivity contribution in [2.24, 2.45) is 0 Å². The molecule has 1 fully saturated rings. The van der Waals surface area contributed by atoms with Crippen LogP contribution in [0, 0.1) is 0 Å². The average molecular weight is 333 g/mol. The number of rotatable bonds is 6. The van der Waals surface area contributed by atoms with E-state index in [4.69, 9.17) is 21.1 Å². The van der Waals surface area contributed by atoms with Gasteiger partial charge in [0.15, 0.2) is 0 Å². The van der Waals surface area contributed by atoms with Gasteiger partial charge < -0.3 is 14.6 Å². The summed E-state index contributed by atoms with van der Waals surface area (Å²) in [7, 11) is 1.65. The molecule has 0 atom stereocenters. The molecule has 23 heavy (non-hydrogen) atoms. The number of aliphatic hydroxyl groups excluding tert-OH is 1. The molecule has 0 saturated heterocycles. The second kappa shape index (κ2) is 7.35. The number of halogens is 1. The molecule has 0 radical (unpaired) electrons. The standard InChI is InChI=1S/C19H21ClO3/c1-22-16-7-5-13(6-8-16)11-23-12-18-17(3-2-4-19(18)20)14-9-15(21)10-14/h2-8,14-15,21H,9-12H2,1H3. The Morgan fingerprint density at radius 3 is 2.48 bits per heavy atom. The summed E-state index contributed by atoms with van der Waals surface area (Å²) in [5.41, 5.74) is 3.34. The topological polar surface area (TPSA) is 38.7 Å². The van der Waals surface area contributed by atoms with Gasteiger partial charge in [0.1, 0.15) is 5.75 Å². The average Bonchev–Trinajstić information content (AvgIpc) is 2.54. The summed E-state index contributed by atoms with van der Waals surface area (Å²) in [6.07, 6.45) is 1.45. The fraction of sp³-hybridized carbons (Fsp3) is 0.368. The van der Waals surface area contributed by atoms with Gasteiger partial charge in [0.25, 0.3) is 0 Å². The van der Waals surface area contributed by atoms with E-state index in [1.165, 1.54) is 5.56 Å². The maximum atomic E-state index is 9.53. The third kappa shape index (κ3) is 3.86. The number of methoxy groups -OCH3 is 1. The first-order valence-corrected chi connectivity index (χ1v) is 8.21. The van der Waals surface area contributed by atoms with Gasteiger partial charge >= 0.3 is 0 Å². The van der Waals surface area contributed by atoms with E-state index in [1.54, 1.807) is 7.11 Å². The van der Waals surface area contributed by atoms with Crippen LogP contribution < -0.4 is 4.74 Å². The van der Waals surface area contributed by atoms with E-state index in [2.05, 4.69) is 6.07 Å². The molecule has 0 aliphatic heterocycles. The van der Waals surface area contributed by atoms with Gasteiger partial charge in [-0.2, -0.15) is 0 Å². The first-order chi connectivity index (χ1) is 11.2. The molecule has 4 heteroatoms. The summed E-state index contributed by atoms with van der Waals surface area (Å²) in [6, 6.07) is 13.8. The smallest absolute Gasteiger partial charge is 0.118 e. The highest BCUT2D eigenvalue weighted by Gasteiger charge is 2.30. The molecule has 0 unspecified atom stereocenters. The quantitative estimate of drug-likeness (QED) is 0.857. The Morgan fingerprint density at radius 2 is 1.83 bits per heavy atom. The predicted octanol–water partition coefficient (Wildman–Crippen LogP) is 4.30. The molecule has 3 nitrogen and oxygen atoms in total. The molecule has 0 amide bonds. The highest BCUT2D eigenvalue weighted by Crippen LogP contribution is 2.40. The molecule has 1 aliphatic rings. The molecule has 1 aliphatic carbocycles. The number of aliphatic hydroxyl groups is 1. The largest absolute Gasteiger partial charge is 0.497 e. The van der Waals surface area contributed by atoms with E-state index in [-0.39, 0.29) is 6.10 Å². The van der Waals surface area contributed by atoms with E-state index in [1.807, 2.05) is 36.4 Å². The molecule has 0 spiro atoms. The molecule has 0 heterocycles. The third-order valence-corrected chi connectivity index (χ3v) is 4.74. The van der Waals surface area contributed by atoms with Crippen molar-refractivity contribution in [2.45, 2.75) is 38.1 Å². The molecule has 2 aromatic carbocycles. The van der Waals surface area contributed by atoms with E-state index in [0.717, 1.165) is 34.7 Å². The van der Waals surface area contributed by atoms with Crippen molar-refractivity contribution in [1.29, 1.82) is 0 Å². The zero-order valence-corrected chi connectivity index (χ0v) is 13.9. The van der Waals surface area contributed by atoms with Crippen LogP contribution in [0.1, 0.15) is 35.4 Å². The molecule has 3 rings (SSSR count). The highest BCUT2D eigenvalue weighted by atomic mass is 35.5. The van der Waals surface area contributed by atoms with Crippen LogP contribution in [0.25, 0.3) is 0 Å². The Kier molecular flexibility index (Phi) is 5.21. The van der Waals surface area contributed by atoms with Crippen molar-refractivity contribution in [3.05, 3.63) is 64.2 Å². The number of benzene rings is 2. The molecule has 0 aromatic heterocycles. The first-order valence-electron chi connectivity index (χ1n) is 7.83. The number of hydrogen-bond donors (Lipinski definition) is 1. The minimum Gasteiger partial charge on any atom is -0.497 e. The minimum absolute atomic E-state index is 0.174. The van der Waals surface area contributed by atoms with E-state index in [9.17, 15) is 5.11 Å². The predicted molar refractivity (Wildman–Crippen MR) is 90.9 cm³/mol. The van der Waals surface area contributed by atoms with Crippen molar-refractivity contribution >= 4 is 11.6 Å². The normalized spacial score (nSPS) is 20.1. The number of hydrogen-bond acceptors (Lipinski definition) is 3. The van der Waals surface area contributed by atoms with Crippen molar-refractivity contribution in [1.82, 2.24) is 0 Å². The van der Waals surface area contributed by atoms with Gasteiger partial charge in [-0.25, -0.2) is 0 Å². The molecule has 2 aromatic rings. The second-order valence-corrected chi connectivity index (χ2v) is 6.38. The van der Waals surface area contributed by atoms with Crippen LogP contribution in [0.15, 0.2) is 42.5 Å². The maximum Gasteiger partial charge on any atom is 0.118 e. The summed E-state index contributed by atoms with van der Waals surface area (Å²) in [6.45, 7) is 1.01. The van der Waals surface area contributed by atoms with Crippen LogP contribution in [0.4, 0.5) is 0 Å². The Hall–Kier alpha value is -1.55. The molecule has 1 saturated carbocycles. The highest BCUT2D eigenvalue weighted by molar-refractivity contribution is 6.31. The lowest BCUT2D eigenvalue weighted by Crippen LogP contribution is -2.27. The van der Waals surface area contributed by atoms with Gasteiger partial charge in [-0.1, -0.05) is 35.9 Å². The van der Waals surface area contributed by atoms with Crippen LogP contribution in [0.3, 0.4) is 0 Å². The van der Waals surface area contributed by atoms with Gasteiger partial charge in [0.2, 0.25) is 0 Å². The molecule has 0 bridgehead atoms. The second-order valence-electron chi connectivity index (χ2n) is 5.97. The van der Waals surface area contributed by atoms with Crippen LogP contribution in [-0.4, -0.2) is 18.3 Å². The first kappa shape index (κ1) is 16.3. The van der Waals surface area contributed by atoms with E-state index >= 15 is 0 Å². The molecular formula is C19H21ClO3. The molecule has 1 N–H and O–H groups in total. The Bertz CT molecular complexity index is 648. The van der Waals surface area contributed by atoms with Gasteiger partial charge in [-0.05, 0) is 53.6 Å². The van der Waals surface area contributed by atoms with Crippen LogP contribution in [-0.2, 0) is 18.0 Å². The van der Waals surface area contributed by atoms with E-state index < -0.39 is 0 Å². The SMILES string of the molecule is COc1ccc(COCc2c(Cl)cccc2C2CC(O)C2)cc1. The minimum atomic E-state index is -0.174. The summed E-state index contributed by atoms with van der Waals surface area (Å²) in [5, 5.41) is 10.3. The van der Waals surface area contributed by atoms with Crippen molar-refractivity contribution in [3.63, 3.8) is 0 Å². The van der Waals surface area contributed by atoms with Crippen LogP contribution >= 0.6 is 11.6 Å². The van der Waals surface area contributed by atoms with Gasteiger partial charge in [-0.3, -0.25) is 0 Å². The van der Waals surface area contributed by atoms with Crippen LogP contribution in [0.2, 0.25) is 5.02 Å². The third-order valence-electron chi connectivity index (χ3n) is 4.38. The summed E-state index contributed by atoms with van der Waals surface area (Å²) >= 11 is 6.35. The Balaban J connectivity index is 1.63. The van der Waals surface area contributed by atoms with Gasteiger partial charge in [-0.15, -0.1) is 0 Å². The van der Waals surface area contributed by atoms with Gasteiger partial charge in [0.05, 0.1) is 26.4 Å². The summed E-state index contributed by atoms with van der Waals surface area (Å²) in [5.74, 6) is 1.23. The van der Waals surface area contributed by atoms with Crippen molar-refractivity contribution in [3.8, 4) is 5.75 Å². The zero-order valence-electron chi connectivity index (χ0n) is 13.2. The summed E-state index contributed by atoms with van der Waals surface area (Å²) < 4.78 is 11.0. The zero-order chi connectivity index (χ0) is 16.2.